The molecular formula is C23H18ClN3O4S2. The van der Waals surface area contributed by atoms with Crippen molar-refractivity contribution in [3.63, 3.8) is 0 Å². The molecule has 0 spiro atoms. The zero-order valence-electron chi connectivity index (χ0n) is 17.4. The van der Waals surface area contributed by atoms with Crippen LogP contribution in [-0.4, -0.2) is 35.8 Å². The predicted octanol–water partition coefficient (Wildman–Crippen LogP) is 4.39. The third-order valence-electron chi connectivity index (χ3n) is 4.68. The fourth-order valence-electron chi connectivity index (χ4n) is 3.21. The minimum absolute atomic E-state index is 0.0219. The van der Waals surface area contributed by atoms with E-state index in [0.29, 0.717) is 38.0 Å². The van der Waals surface area contributed by atoms with Crippen molar-refractivity contribution in [2.24, 2.45) is 0 Å². The number of fused-ring (bicyclic) bond motifs is 1. The molecule has 1 heterocycles. The van der Waals surface area contributed by atoms with Gasteiger partial charge in [0, 0.05) is 11.3 Å². The average molecular weight is 500 g/mol. The first-order chi connectivity index (χ1) is 15.7. The number of benzene rings is 3. The number of thioether (sulfide) groups is 1. The number of rotatable bonds is 7. The van der Waals surface area contributed by atoms with Gasteiger partial charge in [0.05, 0.1) is 33.6 Å². The van der Waals surface area contributed by atoms with Crippen LogP contribution >= 0.6 is 23.4 Å². The van der Waals surface area contributed by atoms with Gasteiger partial charge in [0.15, 0.2) is 10.9 Å². The van der Waals surface area contributed by atoms with Gasteiger partial charge in [-0.3, -0.25) is 18.9 Å². The van der Waals surface area contributed by atoms with E-state index in [2.05, 4.69) is 9.71 Å². The van der Waals surface area contributed by atoms with Gasteiger partial charge in [0.2, 0.25) is 10.0 Å². The van der Waals surface area contributed by atoms with E-state index in [0.717, 1.165) is 18.0 Å². The fraction of sp³-hybridized carbons (Fsp3) is 0.0870. The van der Waals surface area contributed by atoms with Gasteiger partial charge in [0.1, 0.15) is 0 Å². The standard InChI is InChI=1S/C23H18ClN3O4S2/c1-33(30,31)26-16-12-10-15(11-13-16)21(28)14-32-23-25-19-8-4-2-6-17(19)22(29)27(23)20-9-5-3-7-18(20)24/h2-13,26H,14H2,1H3. The number of carbonyl (C=O) groups excluding carboxylic acids is 1. The van der Waals surface area contributed by atoms with Crippen molar-refractivity contribution in [3.8, 4) is 5.69 Å². The Hall–Kier alpha value is -3.14. The third kappa shape index (κ3) is 5.27. The minimum Gasteiger partial charge on any atom is -0.293 e. The van der Waals surface area contributed by atoms with E-state index in [1.807, 2.05) is 0 Å². The maximum atomic E-state index is 13.3. The van der Waals surface area contributed by atoms with Gasteiger partial charge < -0.3 is 0 Å². The average Bonchev–Trinajstić information content (AvgIpc) is 2.78. The summed E-state index contributed by atoms with van der Waals surface area (Å²) in [4.78, 5) is 30.7. The molecule has 168 valence electrons. The van der Waals surface area contributed by atoms with Crippen LogP contribution < -0.4 is 10.3 Å². The Balaban J connectivity index is 1.66. The summed E-state index contributed by atoms with van der Waals surface area (Å²) < 4.78 is 26.5. The van der Waals surface area contributed by atoms with Crippen molar-refractivity contribution in [1.29, 1.82) is 0 Å². The molecule has 4 aromatic rings. The lowest BCUT2D eigenvalue weighted by molar-refractivity contribution is 0.102. The molecule has 0 saturated carbocycles. The van der Waals surface area contributed by atoms with Crippen molar-refractivity contribution < 1.29 is 13.2 Å². The van der Waals surface area contributed by atoms with Crippen molar-refractivity contribution in [3.05, 3.63) is 93.7 Å². The largest absolute Gasteiger partial charge is 0.293 e. The van der Waals surface area contributed by atoms with Gasteiger partial charge in [0.25, 0.3) is 5.56 Å². The quantitative estimate of drug-likeness (QED) is 0.230. The highest BCUT2D eigenvalue weighted by atomic mass is 35.5. The van der Waals surface area contributed by atoms with E-state index in [1.165, 1.54) is 16.7 Å². The van der Waals surface area contributed by atoms with Crippen LogP contribution in [0.1, 0.15) is 10.4 Å². The van der Waals surface area contributed by atoms with Gasteiger partial charge in [-0.15, -0.1) is 0 Å². The number of nitrogens with one attached hydrogen (secondary N) is 1. The number of anilines is 1. The smallest absolute Gasteiger partial charge is 0.266 e. The second-order valence-corrected chi connectivity index (χ2v) is 10.3. The summed E-state index contributed by atoms with van der Waals surface area (Å²) in [6.07, 6.45) is 1.05. The normalized spacial score (nSPS) is 11.5. The van der Waals surface area contributed by atoms with Crippen molar-refractivity contribution >= 4 is 55.8 Å². The zero-order valence-corrected chi connectivity index (χ0v) is 19.7. The summed E-state index contributed by atoms with van der Waals surface area (Å²) in [7, 11) is -3.40. The SMILES string of the molecule is CS(=O)(=O)Nc1ccc(C(=O)CSc2nc3ccccc3c(=O)n2-c2ccccc2Cl)cc1. The molecule has 0 unspecified atom stereocenters. The number of hydrogen-bond donors (Lipinski definition) is 1. The first-order valence-electron chi connectivity index (χ1n) is 9.73. The fourth-order valence-corrected chi connectivity index (χ4v) is 4.89. The molecule has 0 saturated heterocycles. The number of carbonyl (C=O) groups is 1. The number of ketones is 1. The van der Waals surface area contributed by atoms with Crippen molar-refractivity contribution in [1.82, 2.24) is 9.55 Å². The molecule has 0 aliphatic carbocycles. The summed E-state index contributed by atoms with van der Waals surface area (Å²) >= 11 is 7.49. The summed E-state index contributed by atoms with van der Waals surface area (Å²) in [5.41, 5.74) is 1.50. The van der Waals surface area contributed by atoms with E-state index < -0.39 is 10.0 Å². The van der Waals surface area contributed by atoms with E-state index in [4.69, 9.17) is 11.6 Å². The molecule has 1 aromatic heterocycles. The second-order valence-electron chi connectivity index (χ2n) is 7.17. The van der Waals surface area contributed by atoms with Gasteiger partial charge in [-0.05, 0) is 48.5 Å². The van der Waals surface area contributed by atoms with Crippen molar-refractivity contribution in [2.75, 3.05) is 16.7 Å². The summed E-state index contributed by atoms with van der Waals surface area (Å²) in [5.74, 6) is -0.173. The lowest BCUT2D eigenvalue weighted by Crippen LogP contribution is -2.22. The Morgan fingerprint density at radius 2 is 1.70 bits per heavy atom. The molecule has 4 rings (SSSR count). The second kappa shape index (κ2) is 9.38. The number of nitrogens with zero attached hydrogens (tertiary/aromatic N) is 2. The van der Waals surface area contributed by atoms with Crippen LogP contribution in [-0.2, 0) is 10.0 Å². The molecule has 0 radical (unpaired) electrons. The monoisotopic (exact) mass is 499 g/mol. The highest BCUT2D eigenvalue weighted by Crippen LogP contribution is 2.26. The van der Waals surface area contributed by atoms with Gasteiger partial charge >= 0.3 is 0 Å². The van der Waals surface area contributed by atoms with Crippen LogP contribution in [0.3, 0.4) is 0 Å². The van der Waals surface area contributed by atoms with Crippen LogP contribution in [0.4, 0.5) is 5.69 Å². The Bertz CT molecular complexity index is 1520. The molecule has 3 aromatic carbocycles. The molecular weight excluding hydrogens is 482 g/mol. The van der Waals surface area contributed by atoms with Gasteiger partial charge in [-0.1, -0.05) is 47.6 Å². The highest BCUT2D eigenvalue weighted by Gasteiger charge is 2.17. The van der Waals surface area contributed by atoms with Crippen molar-refractivity contribution in [2.45, 2.75) is 5.16 Å². The van der Waals surface area contributed by atoms with Crippen LogP contribution in [0.5, 0.6) is 0 Å². The molecule has 0 amide bonds. The van der Waals surface area contributed by atoms with Gasteiger partial charge in [-0.25, -0.2) is 13.4 Å². The third-order valence-corrected chi connectivity index (χ3v) is 6.55. The molecule has 0 atom stereocenters. The van der Waals surface area contributed by atoms with Gasteiger partial charge in [-0.2, -0.15) is 0 Å². The summed E-state index contributed by atoms with van der Waals surface area (Å²) in [5, 5.41) is 1.18. The molecule has 1 N–H and O–H groups in total. The molecule has 0 aliphatic rings. The molecule has 33 heavy (non-hydrogen) atoms. The maximum absolute atomic E-state index is 13.3. The van der Waals surface area contributed by atoms with Crippen LogP contribution in [0.15, 0.2) is 82.7 Å². The number of aromatic nitrogens is 2. The Labute approximate surface area is 199 Å². The maximum Gasteiger partial charge on any atom is 0.266 e. The lowest BCUT2D eigenvalue weighted by atomic mass is 10.1. The molecule has 0 aliphatic heterocycles. The Morgan fingerprint density at radius 1 is 1.03 bits per heavy atom. The predicted molar refractivity (Wildman–Crippen MR) is 132 cm³/mol. The Morgan fingerprint density at radius 3 is 2.39 bits per heavy atom. The van der Waals surface area contributed by atoms with Crippen LogP contribution in [0.2, 0.25) is 5.02 Å². The number of para-hydroxylation sites is 2. The lowest BCUT2D eigenvalue weighted by Gasteiger charge is -2.14. The minimum atomic E-state index is -3.40. The van der Waals surface area contributed by atoms with E-state index in [1.54, 1.807) is 60.7 Å². The number of sulfonamides is 1. The zero-order chi connectivity index (χ0) is 23.6. The topological polar surface area (TPSA) is 98.1 Å². The number of Topliss-reactive ketones (excluding diaryl/α,β-unsaturated/α-hetero) is 1. The summed E-state index contributed by atoms with van der Waals surface area (Å²) in [6, 6.07) is 20.1. The van der Waals surface area contributed by atoms with E-state index in [-0.39, 0.29) is 17.1 Å². The first-order valence-corrected chi connectivity index (χ1v) is 13.0. The molecule has 10 heteroatoms. The number of halogens is 1. The number of hydrogen-bond acceptors (Lipinski definition) is 6. The van der Waals surface area contributed by atoms with E-state index in [9.17, 15) is 18.0 Å². The molecule has 7 nitrogen and oxygen atoms in total. The van der Waals surface area contributed by atoms with E-state index >= 15 is 0 Å². The van der Waals surface area contributed by atoms with Crippen LogP contribution in [0.25, 0.3) is 16.6 Å². The first kappa shape index (κ1) is 23.0. The Kier molecular flexibility index (Phi) is 6.55. The highest BCUT2D eigenvalue weighted by molar-refractivity contribution is 7.99. The summed E-state index contributed by atoms with van der Waals surface area (Å²) in [6.45, 7) is 0. The molecule has 0 fully saturated rings. The van der Waals surface area contributed by atoms with Crippen LogP contribution in [0, 0.1) is 0 Å². The molecule has 0 bridgehead atoms.